The normalized spacial score (nSPS) is 10.4. The molecule has 0 amide bonds. The van der Waals surface area contributed by atoms with Crippen LogP contribution in [0, 0.1) is 10.1 Å². The fraction of sp³-hybridized carbons (Fsp3) is 0.111. The lowest BCUT2D eigenvalue weighted by Gasteiger charge is -2.02. The first kappa shape index (κ1) is 10.7. The van der Waals surface area contributed by atoms with Crippen LogP contribution in [0.25, 0.3) is 6.08 Å². The van der Waals surface area contributed by atoms with Gasteiger partial charge in [0.25, 0.3) is 0 Å². The molecule has 0 saturated heterocycles. The molecule has 1 aromatic rings. The van der Waals surface area contributed by atoms with Crippen molar-refractivity contribution in [3.8, 4) is 5.75 Å². The van der Waals surface area contributed by atoms with E-state index >= 15 is 0 Å². The van der Waals surface area contributed by atoms with Crippen LogP contribution in [0.1, 0.15) is 5.56 Å². The standard InChI is InChI=1S/C9H8BrNO3/c1-14-9-3-2-7(6-8(9)10)4-5-11(12)13/h2-6H,1H3/b5-4+. The molecule has 14 heavy (non-hydrogen) atoms. The zero-order valence-electron chi connectivity index (χ0n) is 7.44. The van der Waals surface area contributed by atoms with Crippen LogP contribution in [0.3, 0.4) is 0 Å². The van der Waals surface area contributed by atoms with E-state index in [0.29, 0.717) is 5.75 Å². The van der Waals surface area contributed by atoms with Gasteiger partial charge >= 0.3 is 0 Å². The zero-order valence-corrected chi connectivity index (χ0v) is 9.02. The van der Waals surface area contributed by atoms with Crippen molar-refractivity contribution in [2.75, 3.05) is 7.11 Å². The lowest BCUT2D eigenvalue weighted by atomic mass is 10.2. The first-order valence-corrected chi connectivity index (χ1v) is 4.58. The van der Waals surface area contributed by atoms with Gasteiger partial charge in [0.05, 0.1) is 16.5 Å². The fourth-order valence-electron chi connectivity index (χ4n) is 0.933. The SMILES string of the molecule is COc1ccc(/C=C/[N+](=O)[O-])cc1Br. The van der Waals surface area contributed by atoms with Gasteiger partial charge in [0, 0.05) is 6.08 Å². The number of halogens is 1. The molecule has 0 spiro atoms. The Morgan fingerprint density at radius 3 is 2.79 bits per heavy atom. The number of rotatable bonds is 3. The Kier molecular flexibility index (Phi) is 3.64. The molecule has 0 bridgehead atoms. The Bertz CT molecular complexity index is 376. The predicted octanol–water partition coefficient (Wildman–Crippen LogP) is 2.71. The van der Waals surface area contributed by atoms with Gasteiger partial charge in [-0.2, -0.15) is 0 Å². The maximum absolute atomic E-state index is 10.1. The number of hydrogen-bond donors (Lipinski definition) is 0. The van der Waals surface area contributed by atoms with Gasteiger partial charge in [-0.1, -0.05) is 6.07 Å². The van der Waals surface area contributed by atoms with Crippen molar-refractivity contribution in [3.63, 3.8) is 0 Å². The molecule has 0 saturated carbocycles. The number of ether oxygens (including phenoxy) is 1. The summed E-state index contributed by atoms with van der Waals surface area (Å²) < 4.78 is 5.79. The van der Waals surface area contributed by atoms with Gasteiger partial charge in [-0.3, -0.25) is 10.1 Å². The van der Waals surface area contributed by atoms with Crippen molar-refractivity contribution in [2.24, 2.45) is 0 Å². The van der Waals surface area contributed by atoms with Gasteiger partial charge in [0.15, 0.2) is 0 Å². The Hall–Kier alpha value is -1.36. The van der Waals surface area contributed by atoms with E-state index in [-0.39, 0.29) is 0 Å². The first-order valence-electron chi connectivity index (χ1n) is 3.78. The molecule has 1 rings (SSSR count). The summed E-state index contributed by atoms with van der Waals surface area (Å²) in [5.41, 5.74) is 0.745. The molecule has 4 nitrogen and oxygen atoms in total. The van der Waals surface area contributed by atoms with Crippen molar-refractivity contribution in [2.45, 2.75) is 0 Å². The van der Waals surface area contributed by atoms with Crippen LogP contribution in [0.5, 0.6) is 5.75 Å². The van der Waals surface area contributed by atoms with Crippen molar-refractivity contribution in [1.82, 2.24) is 0 Å². The number of benzene rings is 1. The smallest absolute Gasteiger partial charge is 0.235 e. The van der Waals surface area contributed by atoms with Crippen LogP contribution in [-0.4, -0.2) is 12.0 Å². The molecule has 0 unspecified atom stereocenters. The monoisotopic (exact) mass is 257 g/mol. The molecule has 0 aliphatic carbocycles. The van der Waals surface area contributed by atoms with Gasteiger partial charge in [-0.15, -0.1) is 0 Å². The molecule has 0 fully saturated rings. The van der Waals surface area contributed by atoms with Gasteiger partial charge < -0.3 is 4.74 Å². The van der Waals surface area contributed by atoms with E-state index in [0.717, 1.165) is 16.2 Å². The molecular weight excluding hydrogens is 250 g/mol. The van der Waals surface area contributed by atoms with Gasteiger partial charge in [-0.05, 0) is 33.6 Å². The minimum absolute atomic E-state index is 0.502. The fourth-order valence-corrected chi connectivity index (χ4v) is 1.49. The van der Waals surface area contributed by atoms with E-state index in [9.17, 15) is 10.1 Å². The number of nitro groups is 1. The highest BCUT2D eigenvalue weighted by atomic mass is 79.9. The first-order chi connectivity index (χ1) is 6.63. The second-order valence-corrected chi connectivity index (χ2v) is 3.35. The van der Waals surface area contributed by atoms with Crippen LogP contribution >= 0.6 is 15.9 Å². The Morgan fingerprint density at radius 2 is 2.29 bits per heavy atom. The molecular formula is C9H8BrNO3. The Labute approximate surface area is 89.5 Å². The quantitative estimate of drug-likeness (QED) is 0.618. The summed E-state index contributed by atoms with van der Waals surface area (Å²) in [7, 11) is 1.56. The zero-order chi connectivity index (χ0) is 10.6. The summed E-state index contributed by atoms with van der Waals surface area (Å²) >= 11 is 3.29. The maximum atomic E-state index is 10.1. The molecule has 0 N–H and O–H groups in total. The number of hydrogen-bond acceptors (Lipinski definition) is 3. The van der Waals surface area contributed by atoms with Crippen LogP contribution in [-0.2, 0) is 0 Å². The molecule has 0 aliphatic rings. The molecule has 0 radical (unpaired) electrons. The number of nitrogens with zero attached hydrogens (tertiary/aromatic N) is 1. The number of methoxy groups -OCH3 is 1. The molecule has 5 heteroatoms. The molecule has 74 valence electrons. The highest BCUT2D eigenvalue weighted by molar-refractivity contribution is 9.10. The minimum Gasteiger partial charge on any atom is -0.496 e. The highest BCUT2D eigenvalue weighted by Gasteiger charge is 1.99. The second kappa shape index (κ2) is 4.76. The van der Waals surface area contributed by atoms with E-state index in [1.54, 1.807) is 25.3 Å². The maximum Gasteiger partial charge on any atom is 0.235 e. The van der Waals surface area contributed by atoms with Gasteiger partial charge in [-0.25, -0.2) is 0 Å². The summed E-state index contributed by atoms with van der Waals surface area (Å²) in [6.07, 6.45) is 2.32. The van der Waals surface area contributed by atoms with Crippen molar-refractivity contribution >= 4 is 22.0 Å². The van der Waals surface area contributed by atoms with E-state index in [1.807, 2.05) is 0 Å². The van der Waals surface area contributed by atoms with Gasteiger partial charge in [0.2, 0.25) is 6.20 Å². The molecule has 0 heterocycles. The van der Waals surface area contributed by atoms with Crippen molar-refractivity contribution in [1.29, 1.82) is 0 Å². The topological polar surface area (TPSA) is 52.4 Å². The van der Waals surface area contributed by atoms with E-state index in [2.05, 4.69) is 15.9 Å². The van der Waals surface area contributed by atoms with E-state index < -0.39 is 4.92 Å². The molecule has 0 aromatic heterocycles. The largest absolute Gasteiger partial charge is 0.496 e. The second-order valence-electron chi connectivity index (χ2n) is 2.50. The van der Waals surface area contributed by atoms with E-state index in [1.165, 1.54) is 6.08 Å². The van der Waals surface area contributed by atoms with E-state index in [4.69, 9.17) is 4.74 Å². The van der Waals surface area contributed by atoms with Crippen molar-refractivity contribution in [3.05, 3.63) is 44.5 Å². The lowest BCUT2D eigenvalue weighted by Crippen LogP contribution is -1.85. The lowest BCUT2D eigenvalue weighted by molar-refractivity contribution is -0.400. The highest BCUT2D eigenvalue weighted by Crippen LogP contribution is 2.25. The molecule has 0 atom stereocenters. The molecule has 0 aliphatic heterocycles. The van der Waals surface area contributed by atoms with Crippen LogP contribution in [0.4, 0.5) is 0 Å². The summed E-state index contributed by atoms with van der Waals surface area (Å²) in [5.74, 6) is 0.697. The summed E-state index contributed by atoms with van der Waals surface area (Å²) in [5, 5.41) is 10.1. The van der Waals surface area contributed by atoms with Crippen LogP contribution in [0.2, 0.25) is 0 Å². The third kappa shape index (κ3) is 2.85. The third-order valence-electron chi connectivity index (χ3n) is 1.56. The minimum atomic E-state index is -0.502. The Morgan fingerprint density at radius 1 is 1.57 bits per heavy atom. The average Bonchev–Trinajstić information content (AvgIpc) is 2.15. The predicted molar refractivity (Wildman–Crippen MR) is 56.7 cm³/mol. The summed E-state index contributed by atoms with van der Waals surface area (Å²) in [6, 6.07) is 5.23. The van der Waals surface area contributed by atoms with Crippen LogP contribution < -0.4 is 4.74 Å². The van der Waals surface area contributed by atoms with Gasteiger partial charge in [0.1, 0.15) is 5.75 Å². The van der Waals surface area contributed by atoms with Crippen LogP contribution in [0.15, 0.2) is 28.9 Å². The average molecular weight is 258 g/mol. The Balaban J connectivity index is 2.91. The van der Waals surface area contributed by atoms with Crippen molar-refractivity contribution < 1.29 is 9.66 Å². The summed E-state index contributed by atoms with van der Waals surface area (Å²) in [4.78, 5) is 9.56. The molecule has 1 aromatic carbocycles. The summed E-state index contributed by atoms with van der Waals surface area (Å²) in [6.45, 7) is 0. The third-order valence-corrected chi connectivity index (χ3v) is 2.18.